The van der Waals surface area contributed by atoms with E-state index in [4.69, 9.17) is 4.74 Å². The lowest BCUT2D eigenvalue weighted by molar-refractivity contribution is 0.336. The average Bonchev–Trinajstić information content (AvgIpc) is 2.67. The SMILES string of the molecule is CCCC=CC(=CC=CCCCC)OC(C=CCCC)=CC=CCCCC. The third-order valence-corrected chi connectivity index (χ3v) is 3.95. The molecule has 0 aliphatic heterocycles. The van der Waals surface area contributed by atoms with E-state index in [-0.39, 0.29) is 0 Å². The molecule has 0 atom stereocenters. The van der Waals surface area contributed by atoms with E-state index < -0.39 is 0 Å². The lowest BCUT2D eigenvalue weighted by Crippen LogP contribution is -1.89. The van der Waals surface area contributed by atoms with Gasteiger partial charge in [0.15, 0.2) is 0 Å². The van der Waals surface area contributed by atoms with E-state index in [1.54, 1.807) is 0 Å². The summed E-state index contributed by atoms with van der Waals surface area (Å²) in [5.41, 5.74) is 0. The van der Waals surface area contributed by atoms with E-state index in [0.717, 1.165) is 50.0 Å². The van der Waals surface area contributed by atoms with Crippen molar-refractivity contribution in [2.45, 2.75) is 91.9 Å². The molecule has 0 rings (SSSR count). The molecule has 0 saturated heterocycles. The maximum atomic E-state index is 6.20. The topological polar surface area (TPSA) is 9.23 Å². The first-order chi connectivity index (χ1) is 13.3. The van der Waals surface area contributed by atoms with Crippen LogP contribution in [0.25, 0.3) is 0 Å². The maximum absolute atomic E-state index is 6.20. The largest absolute Gasteiger partial charge is 0.457 e. The van der Waals surface area contributed by atoms with Gasteiger partial charge in [-0.25, -0.2) is 0 Å². The van der Waals surface area contributed by atoms with E-state index >= 15 is 0 Å². The minimum atomic E-state index is 0.894. The molecule has 27 heavy (non-hydrogen) atoms. The van der Waals surface area contributed by atoms with E-state index in [0.29, 0.717) is 0 Å². The molecule has 0 saturated carbocycles. The van der Waals surface area contributed by atoms with E-state index in [1.807, 2.05) is 0 Å². The van der Waals surface area contributed by atoms with Crippen molar-refractivity contribution in [2.75, 3.05) is 0 Å². The van der Waals surface area contributed by atoms with Gasteiger partial charge in [0.05, 0.1) is 0 Å². The molecule has 1 heteroatoms. The predicted octanol–water partition coefficient (Wildman–Crippen LogP) is 8.98. The molecule has 0 unspecified atom stereocenters. The summed E-state index contributed by atoms with van der Waals surface area (Å²) in [5, 5.41) is 0. The highest BCUT2D eigenvalue weighted by Crippen LogP contribution is 2.13. The number of ether oxygens (including phenoxy) is 1. The second-order valence-electron chi connectivity index (χ2n) is 6.76. The monoisotopic (exact) mass is 370 g/mol. The smallest absolute Gasteiger partial charge is 0.127 e. The van der Waals surface area contributed by atoms with Crippen molar-refractivity contribution in [3.8, 4) is 0 Å². The molecule has 0 aromatic carbocycles. The minimum Gasteiger partial charge on any atom is -0.457 e. The van der Waals surface area contributed by atoms with Crippen molar-refractivity contribution in [1.82, 2.24) is 0 Å². The average molecular weight is 371 g/mol. The van der Waals surface area contributed by atoms with Crippen molar-refractivity contribution in [3.63, 3.8) is 0 Å². The first-order valence-electron chi connectivity index (χ1n) is 11.0. The van der Waals surface area contributed by atoms with Crippen molar-refractivity contribution < 1.29 is 4.74 Å². The molecule has 0 aliphatic rings. The highest BCUT2D eigenvalue weighted by molar-refractivity contribution is 5.25. The Morgan fingerprint density at radius 1 is 0.556 bits per heavy atom. The normalized spacial score (nSPS) is 13.8. The molecule has 0 aromatic rings. The minimum absolute atomic E-state index is 0.894. The summed E-state index contributed by atoms with van der Waals surface area (Å²) in [6, 6.07) is 0. The second-order valence-corrected chi connectivity index (χ2v) is 6.76. The fraction of sp³-hybridized carbons (Fsp3) is 0.538. The Labute approximate surface area is 169 Å². The van der Waals surface area contributed by atoms with Crippen LogP contribution in [0.5, 0.6) is 0 Å². The molecule has 0 heterocycles. The van der Waals surface area contributed by atoms with Crippen LogP contribution < -0.4 is 0 Å². The molecule has 0 fully saturated rings. The molecule has 0 bridgehead atoms. The highest BCUT2D eigenvalue weighted by atomic mass is 16.5. The number of hydrogen-bond acceptors (Lipinski definition) is 1. The Bertz CT molecular complexity index is 454. The van der Waals surface area contributed by atoms with Gasteiger partial charge >= 0.3 is 0 Å². The molecule has 0 radical (unpaired) electrons. The summed E-state index contributed by atoms with van der Waals surface area (Å²) >= 11 is 0. The Kier molecular flexibility index (Phi) is 19.2. The van der Waals surface area contributed by atoms with Gasteiger partial charge in [0.1, 0.15) is 11.5 Å². The van der Waals surface area contributed by atoms with Crippen molar-refractivity contribution >= 4 is 0 Å². The summed E-state index contributed by atoms with van der Waals surface area (Å²) in [4.78, 5) is 0. The summed E-state index contributed by atoms with van der Waals surface area (Å²) in [5.74, 6) is 1.79. The van der Waals surface area contributed by atoms with Crippen molar-refractivity contribution in [3.05, 3.63) is 72.3 Å². The van der Waals surface area contributed by atoms with Gasteiger partial charge in [-0.15, -0.1) is 0 Å². The molecular weight excluding hydrogens is 328 g/mol. The molecule has 0 spiro atoms. The van der Waals surface area contributed by atoms with Crippen LogP contribution in [-0.2, 0) is 4.74 Å². The van der Waals surface area contributed by atoms with Crippen LogP contribution in [0.3, 0.4) is 0 Å². The Morgan fingerprint density at radius 2 is 1.00 bits per heavy atom. The van der Waals surface area contributed by atoms with Crippen LogP contribution in [0.4, 0.5) is 0 Å². The lowest BCUT2D eigenvalue weighted by atomic mass is 10.2. The highest BCUT2D eigenvalue weighted by Gasteiger charge is 1.97. The standard InChI is InChI=1S/C26H42O/c1-5-9-13-15-19-23-25(21-17-11-7-3)27-26(22-18-12-8-4)24-20-16-14-10-6-2/h15-24H,5-14H2,1-4H3. The van der Waals surface area contributed by atoms with Crippen LogP contribution in [0.15, 0.2) is 72.3 Å². The molecule has 0 aromatic heterocycles. The summed E-state index contributed by atoms with van der Waals surface area (Å²) in [6.07, 6.45) is 33.0. The summed E-state index contributed by atoms with van der Waals surface area (Å²) < 4.78 is 6.20. The molecule has 1 nitrogen and oxygen atoms in total. The van der Waals surface area contributed by atoms with Gasteiger partial charge in [0.2, 0.25) is 0 Å². The molecular formula is C26H42O. The van der Waals surface area contributed by atoms with Crippen LogP contribution in [0.2, 0.25) is 0 Å². The number of unbranched alkanes of at least 4 members (excludes halogenated alkanes) is 6. The third-order valence-electron chi connectivity index (χ3n) is 3.95. The van der Waals surface area contributed by atoms with Crippen LogP contribution in [0.1, 0.15) is 91.9 Å². The zero-order chi connectivity index (χ0) is 20.0. The zero-order valence-corrected chi connectivity index (χ0v) is 18.3. The number of allylic oxidation sites excluding steroid dienone is 10. The maximum Gasteiger partial charge on any atom is 0.127 e. The number of rotatable bonds is 16. The predicted molar refractivity (Wildman–Crippen MR) is 123 cm³/mol. The van der Waals surface area contributed by atoms with Gasteiger partial charge in [0.25, 0.3) is 0 Å². The summed E-state index contributed by atoms with van der Waals surface area (Å²) in [6.45, 7) is 8.83. The van der Waals surface area contributed by atoms with Crippen LogP contribution >= 0.6 is 0 Å². The lowest BCUT2D eigenvalue weighted by Gasteiger charge is -2.07. The van der Waals surface area contributed by atoms with Gasteiger partial charge in [-0.1, -0.05) is 103 Å². The summed E-state index contributed by atoms with van der Waals surface area (Å²) in [7, 11) is 0. The van der Waals surface area contributed by atoms with Crippen molar-refractivity contribution in [2.24, 2.45) is 0 Å². The third kappa shape index (κ3) is 17.4. The Hall–Kier alpha value is -1.76. The van der Waals surface area contributed by atoms with Crippen molar-refractivity contribution in [1.29, 1.82) is 0 Å². The molecule has 0 amide bonds. The zero-order valence-electron chi connectivity index (χ0n) is 18.3. The fourth-order valence-corrected chi connectivity index (χ4v) is 2.28. The van der Waals surface area contributed by atoms with Gasteiger partial charge in [-0.3, -0.25) is 0 Å². The molecule has 0 aliphatic carbocycles. The van der Waals surface area contributed by atoms with Gasteiger partial charge in [0, 0.05) is 0 Å². The van der Waals surface area contributed by atoms with Gasteiger partial charge in [-0.2, -0.15) is 0 Å². The van der Waals surface area contributed by atoms with Gasteiger partial charge < -0.3 is 4.74 Å². The molecule has 0 N–H and O–H groups in total. The van der Waals surface area contributed by atoms with E-state index in [2.05, 4.69) is 88.5 Å². The fourth-order valence-electron chi connectivity index (χ4n) is 2.28. The Balaban J connectivity index is 5.16. The first-order valence-corrected chi connectivity index (χ1v) is 11.0. The van der Waals surface area contributed by atoms with Gasteiger partial charge in [-0.05, 0) is 50.0 Å². The van der Waals surface area contributed by atoms with E-state index in [1.165, 1.54) is 25.7 Å². The van der Waals surface area contributed by atoms with Crippen LogP contribution in [-0.4, -0.2) is 0 Å². The Morgan fingerprint density at radius 3 is 1.37 bits per heavy atom. The number of hydrogen-bond donors (Lipinski definition) is 0. The second kappa shape index (κ2) is 20.6. The first kappa shape index (κ1) is 25.2. The molecule has 152 valence electrons. The van der Waals surface area contributed by atoms with Crippen LogP contribution in [0, 0.1) is 0 Å². The quantitative estimate of drug-likeness (QED) is 0.150. The van der Waals surface area contributed by atoms with E-state index in [9.17, 15) is 0 Å².